The first-order valence-electron chi connectivity index (χ1n) is 7.52. The predicted molar refractivity (Wildman–Crippen MR) is 77.0 cm³/mol. The van der Waals surface area contributed by atoms with Crippen LogP contribution in [-0.4, -0.2) is 23.5 Å². The normalized spacial score (nSPS) is 11.3. The summed E-state index contributed by atoms with van der Waals surface area (Å²) in [6.45, 7) is 6.11. The standard InChI is InChI=1S/C15H29NO3/c1-4-7-8-9-10-11-13(17)16-12-15(5-2,6-3)14(18)19/h4-12H2,1-3H3,(H,16,17)(H,18,19). The van der Waals surface area contributed by atoms with E-state index in [1.54, 1.807) is 0 Å². The highest BCUT2D eigenvalue weighted by Gasteiger charge is 2.34. The quantitative estimate of drug-likeness (QED) is 0.566. The maximum absolute atomic E-state index is 11.7. The van der Waals surface area contributed by atoms with E-state index in [0.29, 0.717) is 19.3 Å². The number of rotatable bonds is 11. The molecule has 2 N–H and O–H groups in total. The van der Waals surface area contributed by atoms with Crippen molar-refractivity contribution in [3.8, 4) is 0 Å². The molecule has 0 atom stereocenters. The first-order chi connectivity index (χ1) is 9.02. The van der Waals surface area contributed by atoms with Gasteiger partial charge in [0.1, 0.15) is 0 Å². The molecule has 0 bridgehead atoms. The molecule has 0 radical (unpaired) electrons. The molecule has 4 nitrogen and oxygen atoms in total. The first-order valence-corrected chi connectivity index (χ1v) is 7.52. The van der Waals surface area contributed by atoms with Gasteiger partial charge < -0.3 is 10.4 Å². The Morgan fingerprint density at radius 3 is 2.05 bits per heavy atom. The highest BCUT2D eigenvalue weighted by molar-refractivity contribution is 5.79. The van der Waals surface area contributed by atoms with Crippen LogP contribution in [0.4, 0.5) is 0 Å². The lowest BCUT2D eigenvalue weighted by Gasteiger charge is -2.26. The molecule has 0 fully saturated rings. The molecule has 0 rings (SSSR count). The maximum Gasteiger partial charge on any atom is 0.311 e. The second-order valence-electron chi connectivity index (χ2n) is 5.23. The minimum absolute atomic E-state index is 0.0241. The molecule has 0 aromatic heterocycles. The third kappa shape index (κ3) is 6.60. The molecular weight excluding hydrogens is 242 g/mol. The number of aliphatic carboxylic acids is 1. The Kier molecular flexibility index (Phi) is 9.27. The van der Waals surface area contributed by atoms with Crippen LogP contribution in [0.5, 0.6) is 0 Å². The van der Waals surface area contributed by atoms with E-state index in [2.05, 4.69) is 12.2 Å². The van der Waals surface area contributed by atoms with Gasteiger partial charge in [0.25, 0.3) is 0 Å². The summed E-state index contributed by atoms with van der Waals surface area (Å²) in [6, 6.07) is 0. The van der Waals surface area contributed by atoms with E-state index in [1.807, 2.05) is 13.8 Å². The molecule has 19 heavy (non-hydrogen) atoms. The zero-order valence-electron chi connectivity index (χ0n) is 12.6. The number of hydrogen-bond donors (Lipinski definition) is 2. The van der Waals surface area contributed by atoms with Gasteiger partial charge in [-0.15, -0.1) is 0 Å². The molecule has 0 aliphatic heterocycles. The maximum atomic E-state index is 11.7. The number of unbranched alkanes of at least 4 members (excludes halogenated alkanes) is 4. The number of carboxylic acid groups (broad SMARTS) is 1. The van der Waals surface area contributed by atoms with E-state index in [0.717, 1.165) is 12.8 Å². The molecule has 0 aromatic carbocycles. The summed E-state index contributed by atoms with van der Waals surface area (Å²) in [6.07, 6.45) is 7.14. The van der Waals surface area contributed by atoms with Crippen LogP contribution in [0.25, 0.3) is 0 Å². The van der Waals surface area contributed by atoms with Gasteiger partial charge in [0.2, 0.25) is 5.91 Å². The predicted octanol–water partition coefficient (Wildman–Crippen LogP) is 3.35. The van der Waals surface area contributed by atoms with Crippen molar-refractivity contribution in [1.29, 1.82) is 0 Å². The highest BCUT2D eigenvalue weighted by atomic mass is 16.4. The average Bonchev–Trinajstić information content (AvgIpc) is 2.40. The van der Waals surface area contributed by atoms with Crippen LogP contribution in [0, 0.1) is 5.41 Å². The van der Waals surface area contributed by atoms with Crippen LogP contribution >= 0.6 is 0 Å². The molecule has 0 aliphatic carbocycles. The fraction of sp³-hybridized carbons (Fsp3) is 0.867. The number of carbonyl (C=O) groups excluding carboxylic acids is 1. The van der Waals surface area contributed by atoms with Crippen molar-refractivity contribution in [3.05, 3.63) is 0 Å². The van der Waals surface area contributed by atoms with Gasteiger partial charge in [-0.2, -0.15) is 0 Å². The minimum Gasteiger partial charge on any atom is -0.481 e. The average molecular weight is 271 g/mol. The monoisotopic (exact) mass is 271 g/mol. The summed E-state index contributed by atoms with van der Waals surface area (Å²) in [4.78, 5) is 22.9. The summed E-state index contributed by atoms with van der Waals surface area (Å²) in [5.41, 5.74) is -0.808. The van der Waals surface area contributed by atoms with E-state index >= 15 is 0 Å². The first kappa shape index (κ1) is 17.9. The second-order valence-corrected chi connectivity index (χ2v) is 5.23. The second kappa shape index (κ2) is 9.82. The summed E-state index contributed by atoms with van der Waals surface area (Å²) >= 11 is 0. The Labute approximate surface area is 117 Å². The fourth-order valence-corrected chi connectivity index (χ4v) is 2.12. The van der Waals surface area contributed by atoms with Crippen LogP contribution in [0.3, 0.4) is 0 Å². The van der Waals surface area contributed by atoms with Crippen LogP contribution in [0.15, 0.2) is 0 Å². The van der Waals surface area contributed by atoms with Crippen molar-refractivity contribution in [1.82, 2.24) is 5.32 Å². The van der Waals surface area contributed by atoms with E-state index in [4.69, 9.17) is 0 Å². The lowest BCUT2D eigenvalue weighted by Crippen LogP contribution is -2.42. The highest BCUT2D eigenvalue weighted by Crippen LogP contribution is 2.25. The van der Waals surface area contributed by atoms with Gasteiger partial charge in [0, 0.05) is 13.0 Å². The molecule has 0 spiro atoms. The molecular formula is C15H29NO3. The Balaban J connectivity index is 3.96. The number of carboxylic acids is 1. The van der Waals surface area contributed by atoms with Crippen LogP contribution in [0.1, 0.15) is 72.1 Å². The number of nitrogens with one attached hydrogen (secondary N) is 1. The van der Waals surface area contributed by atoms with Gasteiger partial charge in [-0.3, -0.25) is 9.59 Å². The molecule has 0 aliphatic rings. The molecule has 0 saturated heterocycles. The van der Waals surface area contributed by atoms with E-state index in [9.17, 15) is 14.7 Å². The Hall–Kier alpha value is -1.06. The largest absolute Gasteiger partial charge is 0.481 e. The summed E-state index contributed by atoms with van der Waals surface area (Å²) < 4.78 is 0. The van der Waals surface area contributed by atoms with Gasteiger partial charge in [-0.25, -0.2) is 0 Å². The minimum atomic E-state index is -0.819. The molecule has 4 heteroatoms. The van der Waals surface area contributed by atoms with Crippen LogP contribution in [0.2, 0.25) is 0 Å². The summed E-state index contributed by atoms with van der Waals surface area (Å²) in [5.74, 6) is -0.843. The van der Waals surface area contributed by atoms with Crippen molar-refractivity contribution in [2.45, 2.75) is 72.1 Å². The molecule has 0 unspecified atom stereocenters. The number of hydrogen-bond acceptors (Lipinski definition) is 2. The SMILES string of the molecule is CCCCCCCC(=O)NCC(CC)(CC)C(=O)O. The van der Waals surface area contributed by atoms with Gasteiger partial charge in [-0.05, 0) is 19.3 Å². The third-order valence-corrected chi connectivity index (χ3v) is 3.94. The smallest absolute Gasteiger partial charge is 0.311 e. The molecule has 0 heterocycles. The van der Waals surface area contributed by atoms with E-state index in [1.165, 1.54) is 19.3 Å². The van der Waals surface area contributed by atoms with Gasteiger partial charge in [0.05, 0.1) is 5.41 Å². The van der Waals surface area contributed by atoms with E-state index in [-0.39, 0.29) is 12.5 Å². The lowest BCUT2D eigenvalue weighted by atomic mass is 9.82. The van der Waals surface area contributed by atoms with Crippen molar-refractivity contribution in [2.75, 3.05) is 6.54 Å². The fourth-order valence-electron chi connectivity index (χ4n) is 2.12. The Bertz CT molecular complexity index is 273. The van der Waals surface area contributed by atoms with Gasteiger partial charge >= 0.3 is 5.97 Å². The van der Waals surface area contributed by atoms with Gasteiger partial charge in [-0.1, -0.05) is 46.5 Å². The summed E-state index contributed by atoms with van der Waals surface area (Å²) in [5, 5.41) is 12.0. The molecule has 0 saturated carbocycles. The molecule has 0 aromatic rings. The third-order valence-electron chi connectivity index (χ3n) is 3.94. The van der Waals surface area contributed by atoms with E-state index < -0.39 is 11.4 Å². The Morgan fingerprint density at radius 1 is 1.00 bits per heavy atom. The van der Waals surface area contributed by atoms with Crippen molar-refractivity contribution >= 4 is 11.9 Å². The topological polar surface area (TPSA) is 66.4 Å². The molecule has 1 amide bonds. The Morgan fingerprint density at radius 2 is 1.58 bits per heavy atom. The van der Waals surface area contributed by atoms with Crippen molar-refractivity contribution < 1.29 is 14.7 Å². The number of amides is 1. The zero-order valence-corrected chi connectivity index (χ0v) is 12.6. The van der Waals surface area contributed by atoms with Gasteiger partial charge in [0.15, 0.2) is 0 Å². The lowest BCUT2D eigenvalue weighted by molar-refractivity contribution is -0.149. The summed E-state index contributed by atoms with van der Waals surface area (Å²) in [7, 11) is 0. The number of carbonyl (C=O) groups is 2. The zero-order chi connectivity index (χ0) is 14.7. The van der Waals surface area contributed by atoms with Crippen LogP contribution in [-0.2, 0) is 9.59 Å². The van der Waals surface area contributed by atoms with Crippen molar-refractivity contribution in [3.63, 3.8) is 0 Å². The van der Waals surface area contributed by atoms with Crippen molar-refractivity contribution in [2.24, 2.45) is 5.41 Å². The molecule has 112 valence electrons. The van der Waals surface area contributed by atoms with Crippen LogP contribution < -0.4 is 5.32 Å².